The maximum Gasteiger partial charge on any atom is 0.0233 e. The van der Waals surface area contributed by atoms with Crippen molar-refractivity contribution in [1.82, 2.24) is 10.2 Å². The van der Waals surface area contributed by atoms with Crippen LogP contribution in [0.5, 0.6) is 0 Å². The molecule has 1 heterocycles. The van der Waals surface area contributed by atoms with E-state index in [1.807, 2.05) is 0 Å². The molecule has 0 aromatic heterocycles. The van der Waals surface area contributed by atoms with Gasteiger partial charge in [-0.05, 0) is 44.5 Å². The highest BCUT2D eigenvalue weighted by atomic mass is 15.1. The summed E-state index contributed by atoms with van der Waals surface area (Å²) in [6, 6.07) is 8.88. The Morgan fingerprint density at radius 3 is 3.06 bits per heavy atom. The summed E-state index contributed by atoms with van der Waals surface area (Å²) >= 11 is 0. The molecule has 0 bridgehead atoms. The summed E-state index contributed by atoms with van der Waals surface area (Å²) in [5.41, 5.74) is 2.82. The first-order valence-electron chi connectivity index (χ1n) is 6.76. The summed E-state index contributed by atoms with van der Waals surface area (Å²) in [4.78, 5) is 2.58. The summed E-state index contributed by atoms with van der Waals surface area (Å²) in [6.45, 7) is 10.2. The van der Waals surface area contributed by atoms with E-state index >= 15 is 0 Å². The van der Waals surface area contributed by atoms with E-state index in [0.717, 1.165) is 19.0 Å². The van der Waals surface area contributed by atoms with E-state index < -0.39 is 0 Å². The third kappa shape index (κ3) is 3.83. The lowest BCUT2D eigenvalue weighted by Gasteiger charge is -2.16. The average Bonchev–Trinajstić information content (AvgIpc) is 2.74. The molecule has 2 heteroatoms. The summed E-state index contributed by atoms with van der Waals surface area (Å²) in [7, 11) is 0. The fraction of sp³-hybridized carbons (Fsp3) is 0.600. The molecule has 0 aliphatic carbocycles. The van der Waals surface area contributed by atoms with E-state index in [1.165, 1.54) is 37.2 Å². The molecule has 1 aliphatic rings. The smallest absolute Gasteiger partial charge is 0.0233 e. The summed E-state index contributed by atoms with van der Waals surface area (Å²) in [5, 5.41) is 3.46. The van der Waals surface area contributed by atoms with Crippen molar-refractivity contribution in [3.8, 4) is 0 Å². The minimum absolute atomic E-state index is 0.847. The van der Waals surface area contributed by atoms with Gasteiger partial charge in [0.25, 0.3) is 0 Å². The monoisotopic (exact) mass is 232 g/mol. The predicted molar refractivity (Wildman–Crippen MR) is 73.1 cm³/mol. The summed E-state index contributed by atoms with van der Waals surface area (Å²) in [6.07, 6.45) is 1.35. The average molecular weight is 232 g/mol. The van der Waals surface area contributed by atoms with Crippen LogP contribution in [0.1, 0.15) is 24.5 Å². The number of nitrogens with zero attached hydrogens (tertiary/aromatic N) is 1. The fourth-order valence-corrected chi connectivity index (χ4v) is 2.64. The molecule has 1 fully saturated rings. The molecule has 2 nitrogen and oxygen atoms in total. The van der Waals surface area contributed by atoms with Gasteiger partial charge >= 0.3 is 0 Å². The van der Waals surface area contributed by atoms with Crippen LogP contribution in [0.15, 0.2) is 24.3 Å². The maximum absolute atomic E-state index is 3.46. The van der Waals surface area contributed by atoms with Gasteiger partial charge in [-0.2, -0.15) is 0 Å². The molecule has 0 spiro atoms. The maximum atomic E-state index is 3.46. The van der Waals surface area contributed by atoms with Gasteiger partial charge in [0.2, 0.25) is 0 Å². The molecule has 1 N–H and O–H groups in total. The Balaban J connectivity index is 1.81. The van der Waals surface area contributed by atoms with Crippen molar-refractivity contribution in [2.75, 3.05) is 26.2 Å². The molecule has 17 heavy (non-hydrogen) atoms. The quantitative estimate of drug-likeness (QED) is 0.839. The molecule has 1 aromatic rings. The van der Waals surface area contributed by atoms with Gasteiger partial charge in [-0.1, -0.05) is 36.8 Å². The van der Waals surface area contributed by atoms with E-state index in [4.69, 9.17) is 0 Å². The largest absolute Gasteiger partial charge is 0.317 e. The van der Waals surface area contributed by atoms with Gasteiger partial charge in [0, 0.05) is 13.1 Å². The van der Waals surface area contributed by atoms with Crippen LogP contribution in [0.4, 0.5) is 0 Å². The minimum Gasteiger partial charge on any atom is -0.317 e. The number of benzene rings is 1. The first kappa shape index (κ1) is 12.6. The molecule has 0 radical (unpaired) electrons. The second kappa shape index (κ2) is 6.18. The van der Waals surface area contributed by atoms with E-state index in [9.17, 15) is 0 Å². The molecule has 1 aromatic carbocycles. The number of rotatable bonds is 5. The molecule has 2 rings (SSSR count). The highest BCUT2D eigenvalue weighted by molar-refractivity contribution is 5.22. The van der Waals surface area contributed by atoms with E-state index in [2.05, 4.69) is 48.3 Å². The van der Waals surface area contributed by atoms with Gasteiger partial charge in [-0.3, -0.25) is 4.90 Å². The zero-order valence-electron chi connectivity index (χ0n) is 11.1. The Kier molecular flexibility index (Phi) is 4.57. The van der Waals surface area contributed by atoms with Gasteiger partial charge in [0.15, 0.2) is 0 Å². The van der Waals surface area contributed by atoms with Crippen LogP contribution >= 0.6 is 0 Å². The Morgan fingerprint density at radius 2 is 2.29 bits per heavy atom. The van der Waals surface area contributed by atoms with Crippen LogP contribution in [0.2, 0.25) is 0 Å². The normalized spacial score (nSPS) is 20.9. The molecular weight excluding hydrogens is 208 g/mol. The van der Waals surface area contributed by atoms with Crippen LogP contribution in [0.25, 0.3) is 0 Å². The Labute approximate surface area is 105 Å². The van der Waals surface area contributed by atoms with Crippen molar-refractivity contribution < 1.29 is 0 Å². The van der Waals surface area contributed by atoms with E-state index in [-0.39, 0.29) is 0 Å². The second-order valence-corrected chi connectivity index (χ2v) is 5.19. The van der Waals surface area contributed by atoms with Crippen molar-refractivity contribution in [2.45, 2.75) is 26.8 Å². The van der Waals surface area contributed by atoms with Gasteiger partial charge in [-0.25, -0.2) is 0 Å². The fourth-order valence-electron chi connectivity index (χ4n) is 2.64. The molecular formula is C15H24N2. The van der Waals surface area contributed by atoms with Crippen LogP contribution in [-0.4, -0.2) is 31.1 Å². The number of hydrogen-bond donors (Lipinski definition) is 1. The molecule has 1 atom stereocenters. The summed E-state index contributed by atoms with van der Waals surface area (Å²) < 4.78 is 0. The molecule has 94 valence electrons. The van der Waals surface area contributed by atoms with Crippen LogP contribution in [0, 0.1) is 12.8 Å². The van der Waals surface area contributed by atoms with E-state index in [1.54, 1.807) is 0 Å². The van der Waals surface area contributed by atoms with Crippen molar-refractivity contribution in [3.05, 3.63) is 35.4 Å². The van der Waals surface area contributed by atoms with Crippen LogP contribution in [-0.2, 0) is 6.54 Å². The van der Waals surface area contributed by atoms with Gasteiger partial charge in [-0.15, -0.1) is 0 Å². The molecule has 0 amide bonds. The van der Waals surface area contributed by atoms with Crippen molar-refractivity contribution in [3.63, 3.8) is 0 Å². The Bertz CT molecular complexity index is 349. The first-order valence-corrected chi connectivity index (χ1v) is 6.76. The van der Waals surface area contributed by atoms with Crippen molar-refractivity contribution in [2.24, 2.45) is 5.92 Å². The topological polar surface area (TPSA) is 15.3 Å². The van der Waals surface area contributed by atoms with Crippen molar-refractivity contribution >= 4 is 0 Å². The molecule has 1 saturated heterocycles. The second-order valence-electron chi connectivity index (χ2n) is 5.19. The van der Waals surface area contributed by atoms with Gasteiger partial charge < -0.3 is 5.32 Å². The number of hydrogen-bond acceptors (Lipinski definition) is 2. The van der Waals surface area contributed by atoms with Crippen LogP contribution in [0.3, 0.4) is 0 Å². The number of nitrogens with one attached hydrogen (secondary N) is 1. The van der Waals surface area contributed by atoms with Crippen molar-refractivity contribution in [1.29, 1.82) is 0 Å². The summed E-state index contributed by atoms with van der Waals surface area (Å²) in [5.74, 6) is 0.847. The van der Waals surface area contributed by atoms with Gasteiger partial charge in [0.1, 0.15) is 0 Å². The lowest BCUT2D eigenvalue weighted by atomic mass is 10.1. The molecule has 0 saturated carbocycles. The zero-order valence-corrected chi connectivity index (χ0v) is 11.1. The minimum atomic E-state index is 0.847. The third-order valence-corrected chi connectivity index (χ3v) is 3.54. The predicted octanol–water partition coefficient (Wildman–Crippen LogP) is 2.43. The van der Waals surface area contributed by atoms with Gasteiger partial charge in [0.05, 0.1) is 0 Å². The third-order valence-electron chi connectivity index (χ3n) is 3.54. The lowest BCUT2D eigenvalue weighted by molar-refractivity contribution is 0.314. The lowest BCUT2D eigenvalue weighted by Crippen LogP contribution is -2.26. The first-order chi connectivity index (χ1) is 8.28. The highest BCUT2D eigenvalue weighted by Gasteiger charge is 2.21. The number of likely N-dealkylation sites (tertiary alicyclic amines) is 1. The Morgan fingerprint density at radius 1 is 1.41 bits per heavy atom. The van der Waals surface area contributed by atoms with E-state index in [0.29, 0.717) is 0 Å². The molecule has 1 aliphatic heterocycles. The number of aryl methyl sites for hydroxylation is 1. The molecule has 1 unspecified atom stereocenters. The standard InChI is InChI=1S/C15H24N2/c1-3-16-10-15-7-8-17(12-15)11-14-6-4-5-13(2)9-14/h4-6,9,15-16H,3,7-8,10-12H2,1-2H3. The van der Waals surface area contributed by atoms with Crippen LogP contribution < -0.4 is 5.32 Å². The Hall–Kier alpha value is -0.860. The zero-order chi connectivity index (χ0) is 12.1. The highest BCUT2D eigenvalue weighted by Crippen LogP contribution is 2.18. The SMILES string of the molecule is CCNCC1CCN(Cc2cccc(C)c2)C1.